The molecule has 1 aromatic heterocycles. The maximum absolute atomic E-state index is 12.2. The van der Waals surface area contributed by atoms with Gasteiger partial charge in [0, 0.05) is 19.4 Å². The lowest BCUT2D eigenvalue weighted by Crippen LogP contribution is -2.57. The molecule has 2 rings (SSSR count). The standard InChI is InChI=1S/C14H19NO4/c1-14(13(17)18)8-2-3-9-15(14)12(16)7-6-11-5-4-10-19-11/h4-5,10H,2-3,6-9H2,1H3,(H,17,18). The lowest BCUT2D eigenvalue weighted by atomic mass is 9.88. The first-order valence-corrected chi connectivity index (χ1v) is 6.60. The van der Waals surface area contributed by atoms with Crippen LogP contribution >= 0.6 is 0 Å². The van der Waals surface area contributed by atoms with E-state index in [1.807, 2.05) is 6.07 Å². The number of hydrogen-bond acceptors (Lipinski definition) is 3. The summed E-state index contributed by atoms with van der Waals surface area (Å²) < 4.78 is 5.18. The molecule has 1 saturated heterocycles. The Morgan fingerprint density at radius 3 is 2.89 bits per heavy atom. The van der Waals surface area contributed by atoms with Crippen LogP contribution in [0.2, 0.25) is 0 Å². The highest BCUT2D eigenvalue weighted by Crippen LogP contribution is 2.29. The molecule has 5 nitrogen and oxygen atoms in total. The Bertz CT molecular complexity index is 454. The number of carbonyl (C=O) groups is 2. The molecule has 1 aliphatic rings. The molecule has 1 amide bonds. The van der Waals surface area contributed by atoms with Gasteiger partial charge in [-0.3, -0.25) is 4.79 Å². The van der Waals surface area contributed by atoms with Crippen LogP contribution in [0.4, 0.5) is 0 Å². The zero-order valence-corrected chi connectivity index (χ0v) is 11.1. The van der Waals surface area contributed by atoms with Crippen molar-refractivity contribution < 1.29 is 19.1 Å². The molecule has 0 radical (unpaired) electrons. The number of aliphatic carboxylic acids is 1. The quantitative estimate of drug-likeness (QED) is 0.904. The predicted molar refractivity (Wildman–Crippen MR) is 68.6 cm³/mol. The van der Waals surface area contributed by atoms with Gasteiger partial charge >= 0.3 is 5.97 Å². The molecule has 0 bridgehead atoms. The number of aryl methyl sites for hydroxylation is 1. The second-order valence-electron chi connectivity index (χ2n) is 5.16. The Labute approximate surface area is 112 Å². The highest BCUT2D eigenvalue weighted by Gasteiger charge is 2.43. The van der Waals surface area contributed by atoms with Crippen LogP contribution in [0.5, 0.6) is 0 Å². The van der Waals surface area contributed by atoms with E-state index in [0.29, 0.717) is 19.4 Å². The summed E-state index contributed by atoms with van der Waals surface area (Å²) in [5.41, 5.74) is -1.06. The molecule has 5 heteroatoms. The molecule has 1 N–H and O–H groups in total. The molecule has 104 valence electrons. The third-order valence-electron chi connectivity index (χ3n) is 3.82. The predicted octanol–water partition coefficient (Wildman–Crippen LogP) is 2.07. The Balaban J connectivity index is 2.01. The van der Waals surface area contributed by atoms with Crippen molar-refractivity contribution in [3.8, 4) is 0 Å². The fraction of sp³-hybridized carbons (Fsp3) is 0.571. The minimum absolute atomic E-state index is 0.110. The number of amides is 1. The molecule has 19 heavy (non-hydrogen) atoms. The number of furan rings is 1. The van der Waals surface area contributed by atoms with Crippen LogP contribution in [-0.4, -0.2) is 34.0 Å². The van der Waals surface area contributed by atoms with Gasteiger partial charge < -0.3 is 14.4 Å². The molecule has 1 fully saturated rings. The number of hydrogen-bond donors (Lipinski definition) is 1. The summed E-state index contributed by atoms with van der Waals surface area (Å²) in [7, 11) is 0. The maximum atomic E-state index is 12.2. The molecule has 1 unspecified atom stereocenters. The van der Waals surface area contributed by atoms with Gasteiger partial charge in [-0.1, -0.05) is 0 Å². The average molecular weight is 265 g/mol. The number of likely N-dealkylation sites (tertiary alicyclic amines) is 1. The van der Waals surface area contributed by atoms with Crippen molar-refractivity contribution in [3.63, 3.8) is 0 Å². The molecule has 2 heterocycles. The Kier molecular flexibility index (Phi) is 3.93. The number of carboxylic acid groups (broad SMARTS) is 1. The topological polar surface area (TPSA) is 70.8 Å². The van der Waals surface area contributed by atoms with E-state index in [2.05, 4.69) is 0 Å². The summed E-state index contributed by atoms with van der Waals surface area (Å²) in [4.78, 5) is 25.2. The second kappa shape index (κ2) is 5.47. The number of carboxylic acids is 1. The van der Waals surface area contributed by atoms with Gasteiger partial charge in [0.05, 0.1) is 6.26 Å². The third-order valence-corrected chi connectivity index (χ3v) is 3.82. The first-order valence-electron chi connectivity index (χ1n) is 6.60. The van der Waals surface area contributed by atoms with Crippen molar-refractivity contribution in [2.75, 3.05) is 6.54 Å². The number of piperidine rings is 1. The van der Waals surface area contributed by atoms with Gasteiger partial charge in [-0.15, -0.1) is 0 Å². The molecule has 1 atom stereocenters. The van der Waals surface area contributed by atoms with E-state index in [1.54, 1.807) is 19.3 Å². The summed E-state index contributed by atoms with van der Waals surface area (Å²) in [5.74, 6) is -0.276. The van der Waals surface area contributed by atoms with E-state index in [-0.39, 0.29) is 12.3 Å². The van der Waals surface area contributed by atoms with E-state index < -0.39 is 11.5 Å². The summed E-state index contributed by atoms with van der Waals surface area (Å²) in [6.07, 6.45) is 4.62. The fourth-order valence-electron chi connectivity index (χ4n) is 2.56. The van der Waals surface area contributed by atoms with Crippen molar-refractivity contribution in [1.82, 2.24) is 4.90 Å². The van der Waals surface area contributed by atoms with Crippen molar-refractivity contribution in [2.24, 2.45) is 0 Å². The molecule has 1 aliphatic heterocycles. The number of carbonyl (C=O) groups excluding carboxylic acids is 1. The fourth-order valence-corrected chi connectivity index (χ4v) is 2.56. The molecular formula is C14H19NO4. The van der Waals surface area contributed by atoms with Gasteiger partial charge in [0.1, 0.15) is 11.3 Å². The van der Waals surface area contributed by atoms with E-state index in [9.17, 15) is 14.7 Å². The zero-order valence-electron chi connectivity index (χ0n) is 11.1. The van der Waals surface area contributed by atoms with Crippen LogP contribution < -0.4 is 0 Å². The van der Waals surface area contributed by atoms with Crippen LogP contribution in [0.15, 0.2) is 22.8 Å². The zero-order chi connectivity index (χ0) is 13.9. The minimum Gasteiger partial charge on any atom is -0.480 e. The summed E-state index contributed by atoms with van der Waals surface area (Å²) in [6, 6.07) is 3.60. The number of rotatable bonds is 4. The van der Waals surface area contributed by atoms with Crippen LogP contribution in [0.25, 0.3) is 0 Å². The van der Waals surface area contributed by atoms with E-state index >= 15 is 0 Å². The van der Waals surface area contributed by atoms with Gasteiger partial charge in [-0.2, -0.15) is 0 Å². The summed E-state index contributed by atoms with van der Waals surface area (Å²) >= 11 is 0. The van der Waals surface area contributed by atoms with Gasteiger partial charge in [-0.25, -0.2) is 4.79 Å². The van der Waals surface area contributed by atoms with Crippen LogP contribution in [-0.2, 0) is 16.0 Å². The highest BCUT2D eigenvalue weighted by atomic mass is 16.4. The summed E-state index contributed by atoms with van der Waals surface area (Å²) in [5, 5.41) is 9.36. The van der Waals surface area contributed by atoms with E-state index in [0.717, 1.165) is 18.6 Å². The Hall–Kier alpha value is -1.78. The molecular weight excluding hydrogens is 246 g/mol. The van der Waals surface area contributed by atoms with Crippen molar-refractivity contribution in [2.45, 2.75) is 44.6 Å². The SMILES string of the molecule is CC1(C(=O)O)CCCCN1C(=O)CCc1ccco1. The molecule has 0 aliphatic carbocycles. The largest absolute Gasteiger partial charge is 0.480 e. The van der Waals surface area contributed by atoms with Gasteiger partial charge in [0.15, 0.2) is 0 Å². The van der Waals surface area contributed by atoms with Crippen molar-refractivity contribution >= 4 is 11.9 Å². The molecule has 0 aromatic carbocycles. The van der Waals surface area contributed by atoms with Crippen molar-refractivity contribution in [3.05, 3.63) is 24.2 Å². The Morgan fingerprint density at radius 1 is 1.47 bits per heavy atom. The van der Waals surface area contributed by atoms with Crippen LogP contribution in [0, 0.1) is 0 Å². The molecule has 0 saturated carbocycles. The van der Waals surface area contributed by atoms with Crippen molar-refractivity contribution in [1.29, 1.82) is 0 Å². The lowest BCUT2D eigenvalue weighted by molar-refractivity contribution is -0.161. The van der Waals surface area contributed by atoms with Gasteiger partial charge in [-0.05, 0) is 38.3 Å². The van der Waals surface area contributed by atoms with Crippen LogP contribution in [0.3, 0.4) is 0 Å². The third kappa shape index (κ3) is 2.80. The Morgan fingerprint density at radius 2 is 2.26 bits per heavy atom. The second-order valence-corrected chi connectivity index (χ2v) is 5.16. The first kappa shape index (κ1) is 13.6. The minimum atomic E-state index is -1.06. The van der Waals surface area contributed by atoms with Gasteiger partial charge in [0.25, 0.3) is 0 Å². The van der Waals surface area contributed by atoms with Crippen LogP contribution in [0.1, 0.15) is 38.4 Å². The normalized spacial score (nSPS) is 23.3. The molecule has 1 aromatic rings. The smallest absolute Gasteiger partial charge is 0.329 e. The van der Waals surface area contributed by atoms with E-state index in [1.165, 1.54) is 4.90 Å². The summed E-state index contributed by atoms with van der Waals surface area (Å²) in [6.45, 7) is 2.17. The molecule has 0 spiro atoms. The lowest BCUT2D eigenvalue weighted by Gasteiger charge is -2.41. The first-order chi connectivity index (χ1) is 9.04. The highest BCUT2D eigenvalue weighted by molar-refractivity contribution is 5.87. The van der Waals surface area contributed by atoms with E-state index in [4.69, 9.17) is 4.42 Å². The van der Waals surface area contributed by atoms with Gasteiger partial charge in [0.2, 0.25) is 5.91 Å². The average Bonchev–Trinajstić information content (AvgIpc) is 2.89. The maximum Gasteiger partial charge on any atom is 0.329 e. The number of nitrogens with zero attached hydrogens (tertiary/aromatic N) is 1. The monoisotopic (exact) mass is 265 g/mol.